The van der Waals surface area contributed by atoms with Crippen LogP contribution in [0.1, 0.15) is 52.9 Å². The number of nitrogens with zero attached hydrogens (tertiary/aromatic N) is 1. The summed E-state index contributed by atoms with van der Waals surface area (Å²) in [6.07, 6.45) is 4.63. The number of hydrogen-bond acceptors (Lipinski definition) is 3. The van der Waals surface area contributed by atoms with Gasteiger partial charge in [-0.3, -0.25) is 4.79 Å². The first-order chi connectivity index (χ1) is 9.06. The minimum Gasteiger partial charge on any atom is -0.481 e. The minimum absolute atomic E-state index is 0.231. The van der Waals surface area contributed by atoms with E-state index >= 15 is 0 Å². The van der Waals surface area contributed by atoms with E-state index in [9.17, 15) is 4.79 Å². The highest BCUT2D eigenvalue weighted by atomic mass is 16.5. The molecule has 0 aliphatic rings. The Balaban J connectivity index is 3.74. The summed E-state index contributed by atoms with van der Waals surface area (Å²) in [5, 5.41) is 8.76. The second kappa shape index (κ2) is 12.4. The molecule has 0 aliphatic heterocycles. The van der Waals surface area contributed by atoms with Crippen molar-refractivity contribution in [2.24, 2.45) is 5.92 Å². The van der Waals surface area contributed by atoms with Gasteiger partial charge < -0.3 is 14.7 Å². The lowest BCUT2D eigenvalue weighted by molar-refractivity contribution is -0.137. The largest absolute Gasteiger partial charge is 0.481 e. The van der Waals surface area contributed by atoms with Gasteiger partial charge in [0.2, 0.25) is 0 Å². The predicted molar refractivity (Wildman–Crippen MR) is 78.5 cm³/mol. The minimum atomic E-state index is -0.714. The van der Waals surface area contributed by atoms with E-state index in [1.807, 2.05) is 0 Å². The molecular weight excluding hydrogens is 242 g/mol. The van der Waals surface area contributed by atoms with Crippen molar-refractivity contribution in [2.45, 2.75) is 52.9 Å². The molecule has 1 N–H and O–H groups in total. The van der Waals surface area contributed by atoms with Gasteiger partial charge in [-0.25, -0.2) is 0 Å². The normalized spacial score (nSPS) is 11.4. The summed E-state index contributed by atoms with van der Waals surface area (Å²) in [7, 11) is 0. The number of hydrogen-bond donors (Lipinski definition) is 1. The second-order valence-corrected chi connectivity index (χ2v) is 5.49. The van der Waals surface area contributed by atoms with E-state index in [1.54, 1.807) is 0 Å². The summed E-state index contributed by atoms with van der Waals surface area (Å²) >= 11 is 0. The van der Waals surface area contributed by atoms with Crippen LogP contribution < -0.4 is 0 Å². The van der Waals surface area contributed by atoms with E-state index in [0.717, 1.165) is 45.6 Å². The number of rotatable bonds is 13. The lowest BCUT2D eigenvalue weighted by atomic mass is 10.1. The molecule has 0 saturated carbocycles. The van der Waals surface area contributed by atoms with Crippen LogP contribution in [0.3, 0.4) is 0 Å². The van der Waals surface area contributed by atoms with Gasteiger partial charge in [0.1, 0.15) is 0 Å². The maximum atomic E-state index is 10.6. The first kappa shape index (κ1) is 18.4. The summed E-state index contributed by atoms with van der Waals surface area (Å²) in [5.74, 6) is -0.0538. The highest BCUT2D eigenvalue weighted by Gasteiger charge is 2.08. The van der Waals surface area contributed by atoms with E-state index in [1.165, 1.54) is 6.42 Å². The van der Waals surface area contributed by atoms with Crippen LogP contribution in [0.4, 0.5) is 0 Å². The predicted octanol–water partition coefficient (Wildman–Crippen LogP) is 3.02. The molecule has 0 rings (SSSR count). The average molecular weight is 273 g/mol. The molecule has 0 heterocycles. The topological polar surface area (TPSA) is 49.8 Å². The maximum absolute atomic E-state index is 10.6. The molecule has 0 aromatic rings. The van der Waals surface area contributed by atoms with Crippen LogP contribution >= 0.6 is 0 Å². The van der Waals surface area contributed by atoms with E-state index in [4.69, 9.17) is 9.84 Å². The van der Waals surface area contributed by atoms with Gasteiger partial charge in [0.25, 0.3) is 0 Å². The van der Waals surface area contributed by atoms with Crippen LogP contribution in [0.2, 0.25) is 0 Å². The van der Waals surface area contributed by atoms with E-state index in [2.05, 4.69) is 25.7 Å². The molecule has 4 heteroatoms. The van der Waals surface area contributed by atoms with Crippen LogP contribution in [0.15, 0.2) is 0 Å². The summed E-state index contributed by atoms with van der Waals surface area (Å²) in [4.78, 5) is 12.9. The lowest BCUT2D eigenvalue weighted by Crippen LogP contribution is -2.30. The molecular formula is C15H31NO3. The van der Waals surface area contributed by atoms with Gasteiger partial charge in [0.05, 0.1) is 6.42 Å². The Morgan fingerprint density at radius 3 is 2.42 bits per heavy atom. The molecule has 0 spiro atoms. The third kappa shape index (κ3) is 13.6. The molecule has 0 aromatic carbocycles. The summed E-state index contributed by atoms with van der Waals surface area (Å²) in [6, 6.07) is 0. The molecule has 0 unspecified atom stereocenters. The Hall–Kier alpha value is -0.610. The maximum Gasteiger partial charge on any atom is 0.304 e. The summed E-state index contributed by atoms with van der Waals surface area (Å²) in [6.45, 7) is 10.8. The molecule has 114 valence electrons. The van der Waals surface area contributed by atoms with Crippen molar-refractivity contribution in [1.82, 2.24) is 4.90 Å². The number of aliphatic carboxylic acids is 1. The van der Waals surface area contributed by atoms with Crippen molar-refractivity contribution < 1.29 is 14.6 Å². The molecule has 0 amide bonds. The zero-order valence-electron chi connectivity index (χ0n) is 12.9. The molecule has 0 aliphatic carbocycles. The van der Waals surface area contributed by atoms with Crippen molar-refractivity contribution in [3.05, 3.63) is 0 Å². The second-order valence-electron chi connectivity index (χ2n) is 5.49. The Bertz CT molecular complexity index is 219. The van der Waals surface area contributed by atoms with Gasteiger partial charge in [-0.2, -0.15) is 0 Å². The quantitative estimate of drug-likeness (QED) is 0.524. The lowest BCUT2D eigenvalue weighted by Gasteiger charge is -2.22. The van der Waals surface area contributed by atoms with Gasteiger partial charge >= 0.3 is 5.97 Å². The Labute approximate surface area is 118 Å². The highest BCUT2D eigenvalue weighted by Crippen LogP contribution is 2.04. The Morgan fingerprint density at radius 2 is 1.84 bits per heavy atom. The Morgan fingerprint density at radius 1 is 1.16 bits per heavy atom. The fraction of sp³-hybridized carbons (Fsp3) is 0.933. The highest BCUT2D eigenvalue weighted by molar-refractivity contribution is 5.66. The molecule has 0 radical (unpaired) electrons. The van der Waals surface area contributed by atoms with Gasteiger partial charge in [-0.15, -0.1) is 0 Å². The van der Waals surface area contributed by atoms with Gasteiger partial charge in [0, 0.05) is 26.3 Å². The van der Waals surface area contributed by atoms with Crippen molar-refractivity contribution in [3.8, 4) is 0 Å². The molecule has 19 heavy (non-hydrogen) atoms. The molecule has 0 atom stereocenters. The van der Waals surface area contributed by atoms with Crippen LogP contribution in [0.5, 0.6) is 0 Å². The van der Waals surface area contributed by atoms with Gasteiger partial charge in [-0.05, 0) is 31.7 Å². The monoisotopic (exact) mass is 273 g/mol. The van der Waals surface area contributed by atoms with Crippen LogP contribution in [0.25, 0.3) is 0 Å². The fourth-order valence-electron chi connectivity index (χ4n) is 1.77. The van der Waals surface area contributed by atoms with E-state index in [0.29, 0.717) is 12.5 Å². The zero-order chi connectivity index (χ0) is 14.5. The standard InChI is InChI=1S/C15H31NO3/c1-4-5-12-19-13-6-9-16(10-7-14(2)3)11-8-15(17)18/h14H,4-13H2,1-3H3,(H,17,18). The van der Waals surface area contributed by atoms with Crippen molar-refractivity contribution in [1.29, 1.82) is 0 Å². The number of ether oxygens (including phenoxy) is 1. The number of carboxylic acid groups (broad SMARTS) is 1. The number of unbranched alkanes of at least 4 members (excludes halogenated alkanes) is 1. The van der Waals surface area contributed by atoms with Crippen LogP contribution in [-0.4, -0.2) is 48.8 Å². The van der Waals surface area contributed by atoms with Crippen LogP contribution in [0, 0.1) is 5.92 Å². The molecule has 0 fully saturated rings. The third-order valence-electron chi connectivity index (χ3n) is 3.07. The SMILES string of the molecule is CCCCOCCCN(CCC(=O)O)CCC(C)C. The molecule has 0 bridgehead atoms. The van der Waals surface area contributed by atoms with E-state index < -0.39 is 5.97 Å². The average Bonchev–Trinajstić information content (AvgIpc) is 2.35. The summed E-state index contributed by atoms with van der Waals surface area (Å²) in [5.41, 5.74) is 0. The number of carbonyl (C=O) groups is 1. The molecule has 4 nitrogen and oxygen atoms in total. The molecule has 0 saturated heterocycles. The van der Waals surface area contributed by atoms with Crippen molar-refractivity contribution in [2.75, 3.05) is 32.8 Å². The zero-order valence-corrected chi connectivity index (χ0v) is 12.9. The van der Waals surface area contributed by atoms with Crippen molar-refractivity contribution in [3.63, 3.8) is 0 Å². The van der Waals surface area contributed by atoms with Crippen molar-refractivity contribution >= 4 is 5.97 Å². The molecule has 0 aromatic heterocycles. The van der Waals surface area contributed by atoms with E-state index in [-0.39, 0.29) is 6.42 Å². The third-order valence-corrected chi connectivity index (χ3v) is 3.07. The first-order valence-corrected chi connectivity index (χ1v) is 7.58. The van der Waals surface area contributed by atoms with Gasteiger partial charge in [-0.1, -0.05) is 27.2 Å². The smallest absolute Gasteiger partial charge is 0.304 e. The number of carboxylic acids is 1. The fourth-order valence-corrected chi connectivity index (χ4v) is 1.77. The van der Waals surface area contributed by atoms with Gasteiger partial charge in [0.15, 0.2) is 0 Å². The van der Waals surface area contributed by atoms with Crippen LogP contribution in [-0.2, 0) is 9.53 Å². The first-order valence-electron chi connectivity index (χ1n) is 7.58. The Kier molecular flexibility index (Phi) is 12.0. The summed E-state index contributed by atoms with van der Waals surface area (Å²) < 4.78 is 5.53.